The predicted molar refractivity (Wildman–Crippen MR) is 76.9 cm³/mol. The van der Waals surface area contributed by atoms with E-state index in [0.717, 1.165) is 19.6 Å². The Labute approximate surface area is 118 Å². The van der Waals surface area contributed by atoms with E-state index >= 15 is 0 Å². The molecular weight excluding hydrogens is 307 g/mol. The van der Waals surface area contributed by atoms with Crippen molar-refractivity contribution in [3.63, 3.8) is 0 Å². The second kappa shape index (κ2) is 5.19. The zero-order chi connectivity index (χ0) is 14.2. The van der Waals surface area contributed by atoms with E-state index in [9.17, 15) is 9.59 Å². The molecule has 0 atom stereocenters. The van der Waals surface area contributed by atoms with Crippen LogP contribution in [0.4, 0.5) is 0 Å². The first-order valence-corrected chi connectivity index (χ1v) is 7.59. The van der Waals surface area contributed by atoms with Gasteiger partial charge in [-0.2, -0.15) is 0 Å². The monoisotopic (exact) mass is 324 g/mol. The standard InChI is InChI=1S/C14H16N2O2Se/c1-15(2)13(17)11-9-7-5-6-8-10(9)12(19-11)14(18)16(3)4/h5-8H,1-4H3. The SMILES string of the molecule is CN(C)C(=O)c1[se]c(C(=O)N(C)C)c2ccccc12. The number of fused-ring (bicyclic) bond motifs is 1. The summed E-state index contributed by atoms with van der Waals surface area (Å²) in [5, 5.41) is 1.82. The van der Waals surface area contributed by atoms with E-state index in [1.165, 1.54) is 0 Å². The van der Waals surface area contributed by atoms with Crippen molar-refractivity contribution in [3.05, 3.63) is 33.1 Å². The number of carbonyl (C=O) groups is 2. The number of carbonyl (C=O) groups excluding carboxylic acids is 2. The van der Waals surface area contributed by atoms with E-state index in [0.29, 0.717) is 0 Å². The Bertz CT molecular complexity index is 590. The first-order valence-electron chi connectivity index (χ1n) is 5.88. The Kier molecular flexibility index (Phi) is 3.78. The Morgan fingerprint density at radius 2 is 1.21 bits per heavy atom. The summed E-state index contributed by atoms with van der Waals surface area (Å²) in [6.45, 7) is 0. The van der Waals surface area contributed by atoms with Crippen LogP contribution < -0.4 is 0 Å². The molecule has 0 unspecified atom stereocenters. The minimum absolute atomic E-state index is 0.00555. The molecule has 0 N–H and O–H groups in total. The van der Waals surface area contributed by atoms with Gasteiger partial charge in [-0.3, -0.25) is 0 Å². The van der Waals surface area contributed by atoms with Crippen molar-refractivity contribution in [3.8, 4) is 0 Å². The van der Waals surface area contributed by atoms with Crippen molar-refractivity contribution in [1.82, 2.24) is 9.80 Å². The molecule has 2 amide bonds. The Hall–Kier alpha value is -1.58. The normalized spacial score (nSPS) is 10.5. The van der Waals surface area contributed by atoms with Crippen molar-refractivity contribution < 1.29 is 9.59 Å². The number of hydrogen-bond donors (Lipinski definition) is 0. The summed E-state index contributed by atoms with van der Waals surface area (Å²) >= 11 is -0.230. The first-order chi connectivity index (χ1) is 8.93. The quantitative estimate of drug-likeness (QED) is 0.782. The summed E-state index contributed by atoms with van der Waals surface area (Å²) < 4.78 is 1.52. The molecule has 5 heteroatoms. The third-order valence-electron chi connectivity index (χ3n) is 2.82. The first kappa shape index (κ1) is 13.8. The summed E-state index contributed by atoms with van der Waals surface area (Å²) in [7, 11) is 6.94. The van der Waals surface area contributed by atoms with Crippen LogP contribution in [0.1, 0.15) is 18.5 Å². The summed E-state index contributed by atoms with van der Waals surface area (Å²) in [5.74, 6) is -0.0111. The minimum atomic E-state index is -0.230. The maximum absolute atomic E-state index is 12.2. The van der Waals surface area contributed by atoms with Crippen LogP contribution in [0.15, 0.2) is 24.3 Å². The third kappa shape index (κ3) is 2.44. The van der Waals surface area contributed by atoms with Gasteiger partial charge >= 0.3 is 118 Å². The third-order valence-corrected chi connectivity index (χ3v) is 5.33. The number of amides is 2. The van der Waals surface area contributed by atoms with Gasteiger partial charge in [-0.05, 0) is 0 Å². The molecule has 0 saturated heterocycles. The van der Waals surface area contributed by atoms with Crippen LogP contribution in [0.2, 0.25) is 0 Å². The topological polar surface area (TPSA) is 40.6 Å². The number of rotatable bonds is 2. The summed E-state index contributed by atoms with van der Waals surface area (Å²) in [6, 6.07) is 7.65. The Morgan fingerprint density at radius 1 is 0.842 bits per heavy atom. The molecule has 0 fully saturated rings. The van der Waals surface area contributed by atoms with Gasteiger partial charge in [0.1, 0.15) is 0 Å². The van der Waals surface area contributed by atoms with Crippen LogP contribution >= 0.6 is 0 Å². The van der Waals surface area contributed by atoms with Crippen molar-refractivity contribution in [1.29, 1.82) is 0 Å². The fourth-order valence-electron chi connectivity index (χ4n) is 1.82. The summed E-state index contributed by atoms with van der Waals surface area (Å²) in [4.78, 5) is 27.6. The fraction of sp³-hybridized carbons (Fsp3) is 0.286. The second-order valence-electron chi connectivity index (χ2n) is 4.71. The molecule has 0 bridgehead atoms. The van der Waals surface area contributed by atoms with Crippen molar-refractivity contribution in [2.24, 2.45) is 0 Å². The molecule has 19 heavy (non-hydrogen) atoms. The molecule has 0 aliphatic rings. The zero-order valence-corrected chi connectivity index (χ0v) is 13.1. The van der Waals surface area contributed by atoms with E-state index in [2.05, 4.69) is 0 Å². The van der Waals surface area contributed by atoms with Gasteiger partial charge < -0.3 is 0 Å². The molecule has 4 nitrogen and oxygen atoms in total. The van der Waals surface area contributed by atoms with Crippen molar-refractivity contribution >= 4 is 37.1 Å². The Balaban J connectivity index is 2.68. The summed E-state index contributed by atoms with van der Waals surface area (Å²) in [5.41, 5.74) is 0. The average Bonchev–Trinajstić information content (AvgIpc) is 2.76. The molecule has 2 aromatic rings. The molecule has 0 aliphatic carbocycles. The second-order valence-corrected chi connectivity index (χ2v) is 6.85. The maximum atomic E-state index is 12.2. The van der Waals surface area contributed by atoms with Gasteiger partial charge in [-0.1, -0.05) is 0 Å². The number of hydrogen-bond acceptors (Lipinski definition) is 2. The van der Waals surface area contributed by atoms with Gasteiger partial charge in [0.05, 0.1) is 0 Å². The van der Waals surface area contributed by atoms with Gasteiger partial charge in [-0.15, -0.1) is 0 Å². The van der Waals surface area contributed by atoms with Gasteiger partial charge in [-0.25, -0.2) is 0 Å². The predicted octanol–water partition coefficient (Wildman–Crippen LogP) is 1.30. The molecule has 0 saturated carbocycles. The molecule has 1 aromatic heterocycles. The van der Waals surface area contributed by atoms with E-state index in [1.807, 2.05) is 24.3 Å². The molecule has 0 spiro atoms. The van der Waals surface area contributed by atoms with Gasteiger partial charge in [0.15, 0.2) is 0 Å². The molecule has 2 rings (SSSR count). The molecule has 1 aromatic carbocycles. The zero-order valence-electron chi connectivity index (χ0n) is 11.4. The van der Waals surface area contributed by atoms with Gasteiger partial charge in [0.25, 0.3) is 0 Å². The molecule has 0 radical (unpaired) electrons. The van der Waals surface area contributed by atoms with E-state index in [4.69, 9.17) is 0 Å². The molecule has 0 aliphatic heterocycles. The molecular formula is C14H16N2O2Se. The van der Waals surface area contributed by atoms with Gasteiger partial charge in [0, 0.05) is 0 Å². The van der Waals surface area contributed by atoms with E-state index in [-0.39, 0.29) is 26.3 Å². The van der Waals surface area contributed by atoms with Crippen LogP contribution in [0.25, 0.3) is 10.8 Å². The van der Waals surface area contributed by atoms with Crippen LogP contribution in [-0.4, -0.2) is 64.3 Å². The summed E-state index contributed by atoms with van der Waals surface area (Å²) in [6.07, 6.45) is 0. The van der Waals surface area contributed by atoms with E-state index in [1.54, 1.807) is 38.0 Å². The van der Waals surface area contributed by atoms with Crippen molar-refractivity contribution in [2.75, 3.05) is 28.2 Å². The fourth-order valence-corrected chi connectivity index (χ4v) is 4.58. The van der Waals surface area contributed by atoms with Crippen LogP contribution in [0.5, 0.6) is 0 Å². The van der Waals surface area contributed by atoms with Crippen molar-refractivity contribution in [2.45, 2.75) is 0 Å². The van der Waals surface area contributed by atoms with Crippen LogP contribution in [-0.2, 0) is 0 Å². The van der Waals surface area contributed by atoms with E-state index < -0.39 is 0 Å². The molecule has 1 heterocycles. The average molecular weight is 323 g/mol. The van der Waals surface area contributed by atoms with Crippen LogP contribution in [0.3, 0.4) is 0 Å². The number of benzene rings is 1. The Morgan fingerprint density at radius 3 is 1.53 bits per heavy atom. The van der Waals surface area contributed by atoms with Gasteiger partial charge in [0.2, 0.25) is 0 Å². The number of nitrogens with zero attached hydrogens (tertiary/aromatic N) is 2. The molecule has 100 valence electrons. The van der Waals surface area contributed by atoms with Crippen LogP contribution in [0, 0.1) is 0 Å².